The summed E-state index contributed by atoms with van der Waals surface area (Å²) < 4.78 is 33.2. The van der Waals surface area contributed by atoms with Crippen molar-refractivity contribution in [2.45, 2.75) is 36.3 Å². The van der Waals surface area contributed by atoms with Gasteiger partial charge in [-0.15, -0.1) is 23.2 Å². The molecule has 0 saturated heterocycles. The van der Waals surface area contributed by atoms with Crippen LogP contribution in [-0.4, -0.2) is 54.8 Å². The number of aliphatic hydroxyl groups is 1. The number of alkyl halides is 2. The minimum Gasteiger partial charge on any atom is -0.478 e. The summed E-state index contributed by atoms with van der Waals surface area (Å²) in [5, 5.41) is 19.3. The van der Waals surface area contributed by atoms with Crippen molar-refractivity contribution in [1.82, 2.24) is 0 Å². The number of aliphatic hydroxyl groups excluding tert-OH is 1. The fourth-order valence-corrected chi connectivity index (χ4v) is 6.90. The predicted molar refractivity (Wildman–Crippen MR) is 158 cm³/mol. The van der Waals surface area contributed by atoms with Crippen LogP contribution in [0.3, 0.4) is 0 Å². The molecule has 40 heavy (non-hydrogen) atoms. The highest BCUT2D eigenvalue weighted by Gasteiger charge is 2.43. The number of ether oxygens (including phenoxy) is 1. The van der Waals surface area contributed by atoms with Gasteiger partial charge in [-0.05, 0) is 53.3 Å². The Balaban J connectivity index is 1.48. The van der Waals surface area contributed by atoms with Crippen molar-refractivity contribution in [1.29, 1.82) is 0 Å². The van der Waals surface area contributed by atoms with E-state index < -0.39 is 27.5 Å². The molecule has 0 heterocycles. The molecule has 1 aliphatic rings. The maximum atomic E-state index is 13.0. The Morgan fingerprint density at radius 1 is 1.02 bits per heavy atom. The molecule has 214 valence electrons. The van der Waals surface area contributed by atoms with Crippen molar-refractivity contribution in [3.63, 3.8) is 0 Å². The molecule has 3 unspecified atom stereocenters. The Hall–Kier alpha value is -2.62. The highest BCUT2D eigenvalue weighted by molar-refractivity contribution is 7.92. The fourth-order valence-electron chi connectivity index (χ4n) is 5.15. The number of halogens is 2. The molecular formula is C30H33Cl2NO6S. The molecule has 5 atom stereocenters. The second-order valence-electron chi connectivity index (χ2n) is 10.2. The molecular weight excluding hydrogens is 573 g/mol. The van der Waals surface area contributed by atoms with Crippen molar-refractivity contribution < 1.29 is 28.2 Å². The van der Waals surface area contributed by atoms with Crippen LogP contribution in [0.1, 0.15) is 39.6 Å². The molecule has 10 heteroatoms. The van der Waals surface area contributed by atoms with Gasteiger partial charge in [-0.2, -0.15) is 0 Å². The average Bonchev–Trinajstić information content (AvgIpc) is 3.19. The lowest BCUT2D eigenvalue weighted by Crippen LogP contribution is -2.39. The summed E-state index contributed by atoms with van der Waals surface area (Å²) in [6, 6.07) is 23.1. The first-order valence-electron chi connectivity index (χ1n) is 13.0. The van der Waals surface area contributed by atoms with Crippen molar-refractivity contribution in [3.8, 4) is 0 Å². The highest BCUT2D eigenvalue weighted by Crippen LogP contribution is 2.41. The topological polar surface area (TPSA) is 104 Å². The lowest BCUT2D eigenvalue weighted by atomic mass is 9.96. The van der Waals surface area contributed by atoms with Gasteiger partial charge in [0.1, 0.15) is 0 Å². The number of rotatable bonds is 12. The first kappa shape index (κ1) is 30.3. The van der Waals surface area contributed by atoms with Crippen molar-refractivity contribution in [2.24, 2.45) is 11.8 Å². The summed E-state index contributed by atoms with van der Waals surface area (Å²) >= 11 is 13.3. The number of carboxylic acids is 1. The number of sulfonamides is 1. The second-order valence-corrected chi connectivity index (χ2v) is 13.2. The van der Waals surface area contributed by atoms with Gasteiger partial charge < -0.3 is 14.9 Å². The summed E-state index contributed by atoms with van der Waals surface area (Å²) in [4.78, 5) is 11.3. The lowest BCUT2D eigenvalue weighted by molar-refractivity contribution is 0.0693. The van der Waals surface area contributed by atoms with E-state index in [4.69, 9.17) is 27.9 Å². The van der Waals surface area contributed by atoms with Crippen LogP contribution < -0.4 is 4.31 Å². The summed E-state index contributed by atoms with van der Waals surface area (Å²) in [6.45, 7) is 0.611. The normalized spacial score (nSPS) is 21.7. The molecule has 3 aromatic rings. The average molecular weight is 607 g/mol. The van der Waals surface area contributed by atoms with Crippen LogP contribution in [0.25, 0.3) is 0 Å². The number of carboxylic acid groups (broad SMARTS) is 1. The van der Waals surface area contributed by atoms with Crippen LogP contribution >= 0.6 is 23.2 Å². The standard InChI is InChI=1S/C30H33Cl2NO6S/c1-40(37,38)33(25-12-6-10-22(15-25)28(34)14-20-7-3-2-4-8-20)17-26-24(16-27(31)29(26)32)19-39-18-21-9-5-11-23(13-21)30(35)36/h2-13,15,24,26-29,34H,14,16-19H2,1H3,(H,35,36)/t24-,26-,27?,28?,29?/m1/s1. The van der Waals surface area contributed by atoms with Gasteiger partial charge in [-0.1, -0.05) is 54.6 Å². The van der Waals surface area contributed by atoms with Gasteiger partial charge in [0.05, 0.1) is 47.6 Å². The van der Waals surface area contributed by atoms with E-state index in [2.05, 4.69) is 0 Å². The van der Waals surface area contributed by atoms with Crippen LogP contribution in [0.4, 0.5) is 5.69 Å². The van der Waals surface area contributed by atoms with E-state index in [1.54, 1.807) is 42.5 Å². The Morgan fingerprint density at radius 3 is 2.42 bits per heavy atom. The Morgan fingerprint density at radius 2 is 1.73 bits per heavy atom. The fraction of sp³-hybridized carbons (Fsp3) is 0.367. The Bertz CT molecular complexity index is 1400. The first-order chi connectivity index (χ1) is 19.0. The molecule has 4 rings (SSSR count). The molecule has 3 aromatic carbocycles. The molecule has 0 radical (unpaired) electrons. The summed E-state index contributed by atoms with van der Waals surface area (Å²) in [5.74, 6) is -1.41. The van der Waals surface area contributed by atoms with Crippen molar-refractivity contribution in [3.05, 3.63) is 101 Å². The van der Waals surface area contributed by atoms with Crippen LogP contribution in [0.15, 0.2) is 78.9 Å². The third-order valence-electron chi connectivity index (χ3n) is 7.25. The quantitative estimate of drug-likeness (QED) is 0.264. The van der Waals surface area contributed by atoms with Gasteiger partial charge >= 0.3 is 5.97 Å². The van der Waals surface area contributed by atoms with E-state index in [0.717, 1.165) is 17.4 Å². The molecule has 1 aliphatic carbocycles. The van der Waals surface area contributed by atoms with Gasteiger partial charge in [-0.25, -0.2) is 13.2 Å². The smallest absolute Gasteiger partial charge is 0.335 e. The minimum atomic E-state index is -3.69. The van der Waals surface area contributed by atoms with Gasteiger partial charge in [0.15, 0.2) is 0 Å². The molecule has 1 fully saturated rings. The van der Waals surface area contributed by atoms with E-state index in [1.165, 1.54) is 10.4 Å². The van der Waals surface area contributed by atoms with Crippen LogP contribution in [0, 0.1) is 11.8 Å². The van der Waals surface area contributed by atoms with E-state index in [1.807, 2.05) is 30.3 Å². The van der Waals surface area contributed by atoms with Gasteiger partial charge in [0.2, 0.25) is 10.0 Å². The second kappa shape index (κ2) is 13.4. The number of hydrogen-bond donors (Lipinski definition) is 2. The third-order valence-corrected chi connectivity index (χ3v) is 9.62. The largest absolute Gasteiger partial charge is 0.478 e. The van der Waals surface area contributed by atoms with Crippen molar-refractivity contribution in [2.75, 3.05) is 23.7 Å². The molecule has 0 amide bonds. The summed E-state index contributed by atoms with van der Waals surface area (Å²) in [5.41, 5.74) is 2.94. The highest BCUT2D eigenvalue weighted by atomic mass is 35.5. The predicted octanol–water partition coefficient (Wildman–Crippen LogP) is 5.49. The van der Waals surface area contributed by atoms with Gasteiger partial charge in [-0.3, -0.25) is 4.31 Å². The molecule has 7 nitrogen and oxygen atoms in total. The van der Waals surface area contributed by atoms with Gasteiger partial charge in [0, 0.05) is 18.9 Å². The maximum Gasteiger partial charge on any atom is 0.335 e. The molecule has 0 aliphatic heterocycles. The SMILES string of the molecule is CS(=O)(=O)N(C[C@H]1C(Cl)C(Cl)C[C@@H]1COCc1cccc(C(=O)O)c1)c1cccc(C(O)Cc2ccccc2)c1. The van der Waals surface area contributed by atoms with Crippen LogP contribution in [0.2, 0.25) is 0 Å². The van der Waals surface area contributed by atoms with Crippen LogP contribution in [-0.2, 0) is 27.8 Å². The number of anilines is 1. The molecule has 2 N–H and O–H groups in total. The monoisotopic (exact) mass is 605 g/mol. The first-order valence-corrected chi connectivity index (χ1v) is 15.7. The number of aromatic carboxylic acids is 1. The van der Waals surface area contributed by atoms with E-state index in [0.29, 0.717) is 30.7 Å². The zero-order chi connectivity index (χ0) is 28.9. The maximum absolute atomic E-state index is 13.0. The van der Waals surface area contributed by atoms with E-state index >= 15 is 0 Å². The summed E-state index contributed by atoms with van der Waals surface area (Å²) in [6.07, 6.45) is 1.31. The summed E-state index contributed by atoms with van der Waals surface area (Å²) in [7, 11) is -3.69. The Labute approximate surface area is 245 Å². The van der Waals surface area contributed by atoms with Crippen LogP contribution in [0.5, 0.6) is 0 Å². The van der Waals surface area contributed by atoms with Crippen molar-refractivity contribution >= 4 is 44.9 Å². The Kier molecular flexibility index (Phi) is 10.1. The molecule has 1 saturated carbocycles. The molecule has 0 bridgehead atoms. The number of benzene rings is 3. The number of nitrogens with zero attached hydrogens (tertiary/aromatic N) is 1. The van der Waals surface area contributed by atoms with E-state index in [9.17, 15) is 23.4 Å². The lowest BCUT2D eigenvalue weighted by Gasteiger charge is -2.30. The van der Waals surface area contributed by atoms with E-state index in [-0.39, 0.29) is 35.9 Å². The molecule has 0 aromatic heterocycles. The van der Waals surface area contributed by atoms with Gasteiger partial charge in [0.25, 0.3) is 0 Å². The zero-order valence-corrected chi connectivity index (χ0v) is 24.4. The zero-order valence-electron chi connectivity index (χ0n) is 22.1. The third kappa shape index (κ3) is 7.77. The number of carbonyl (C=O) groups is 1. The minimum absolute atomic E-state index is 0.108. The number of hydrogen-bond acceptors (Lipinski definition) is 5. The molecule has 0 spiro atoms.